The lowest BCUT2D eigenvalue weighted by Gasteiger charge is -2.11. The van der Waals surface area contributed by atoms with E-state index in [9.17, 15) is 9.59 Å². The lowest BCUT2D eigenvalue weighted by molar-refractivity contribution is 0.0996. The minimum absolute atomic E-state index is 0.125. The number of hydrogen-bond donors (Lipinski definition) is 1. The van der Waals surface area contributed by atoms with Gasteiger partial charge in [0, 0.05) is 5.69 Å². The standard InChI is InChI=1S/C20H15N3O3/c1-13-21-17-6-3-2-5-16(17)20(25)23(13)15-10-8-14(9-11-15)22-19(24)18-7-4-12-26-18/h2-12H,1H3,(H,22,24). The Morgan fingerprint density at radius 2 is 1.81 bits per heavy atom. The Morgan fingerprint density at radius 1 is 1.04 bits per heavy atom. The van der Waals surface area contributed by atoms with Gasteiger partial charge in [0.2, 0.25) is 0 Å². The molecule has 2 aromatic heterocycles. The molecule has 0 spiro atoms. The number of aryl methyl sites for hydroxylation is 1. The van der Waals surface area contributed by atoms with Crippen LogP contribution in [-0.4, -0.2) is 15.5 Å². The van der Waals surface area contributed by atoms with Crippen LogP contribution in [0.15, 0.2) is 76.1 Å². The molecule has 0 unspecified atom stereocenters. The summed E-state index contributed by atoms with van der Waals surface area (Å²) >= 11 is 0. The Kier molecular flexibility index (Phi) is 3.85. The number of hydrogen-bond acceptors (Lipinski definition) is 4. The van der Waals surface area contributed by atoms with Gasteiger partial charge < -0.3 is 9.73 Å². The molecule has 1 N–H and O–H groups in total. The number of rotatable bonds is 3. The van der Waals surface area contributed by atoms with E-state index in [0.717, 1.165) is 0 Å². The van der Waals surface area contributed by atoms with Crippen molar-refractivity contribution in [1.82, 2.24) is 9.55 Å². The minimum atomic E-state index is -0.330. The van der Waals surface area contributed by atoms with Gasteiger partial charge in [-0.15, -0.1) is 0 Å². The third-order valence-corrected chi connectivity index (χ3v) is 4.07. The summed E-state index contributed by atoms with van der Waals surface area (Å²) in [4.78, 5) is 29.3. The van der Waals surface area contributed by atoms with E-state index in [1.165, 1.54) is 6.26 Å². The molecular formula is C20H15N3O3. The van der Waals surface area contributed by atoms with Crippen molar-refractivity contribution >= 4 is 22.5 Å². The lowest BCUT2D eigenvalue weighted by atomic mass is 10.2. The van der Waals surface area contributed by atoms with Gasteiger partial charge >= 0.3 is 0 Å². The maximum Gasteiger partial charge on any atom is 0.291 e. The van der Waals surface area contributed by atoms with E-state index in [1.54, 1.807) is 54.0 Å². The second-order valence-electron chi connectivity index (χ2n) is 5.80. The summed E-state index contributed by atoms with van der Waals surface area (Å²) in [5.41, 5.74) is 1.84. The molecule has 0 aliphatic rings. The predicted octanol–water partition coefficient (Wildman–Crippen LogP) is 3.54. The zero-order valence-electron chi connectivity index (χ0n) is 14.0. The number of nitrogens with zero attached hydrogens (tertiary/aromatic N) is 2. The van der Waals surface area contributed by atoms with E-state index in [0.29, 0.717) is 28.1 Å². The second kappa shape index (κ2) is 6.33. The van der Waals surface area contributed by atoms with Gasteiger partial charge in [0.15, 0.2) is 5.76 Å². The fraction of sp³-hybridized carbons (Fsp3) is 0.0500. The van der Waals surface area contributed by atoms with Gasteiger partial charge in [-0.05, 0) is 55.5 Å². The lowest BCUT2D eigenvalue weighted by Crippen LogP contribution is -2.22. The summed E-state index contributed by atoms with van der Waals surface area (Å²) in [6.45, 7) is 1.79. The first-order valence-electron chi connectivity index (χ1n) is 8.07. The van der Waals surface area contributed by atoms with Gasteiger partial charge in [-0.25, -0.2) is 4.98 Å². The molecule has 6 nitrogen and oxygen atoms in total. The molecule has 0 fully saturated rings. The monoisotopic (exact) mass is 345 g/mol. The summed E-state index contributed by atoms with van der Waals surface area (Å²) in [6.07, 6.45) is 1.44. The molecule has 0 bridgehead atoms. The van der Waals surface area contributed by atoms with Crippen molar-refractivity contribution in [3.8, 4) is 5.69 Å². The quantitative estimate of drug-likeness (QED) is 0.616. The smallest absolute Gasteiger partial charge is 0.291 e. The highest BCUT2D eigenvalue weighted by Gasteiger charge is 2.11. The highest BCUT2D eigenvalue weighted by Crippen LogP contribution is 2.16. The number of carbonyl (C=O) groups excluding carboxylic acids is 1. The van der Waals surface area contributed by atoms with Crippen molar-refractivity contribution in [2.24, 2.45) is 0 Å². The summed E-state index contributed by atoms with van der Waals surface area (Å²) < 4.78 is 6.62. The van der Waals surface area contributed by atoms with E-state index < -0.39 is 0 Å². The van der Waals surface area contributed by atoms with Gasteiger partial charge in [-0.1, -0.05) is 12.1 Å². The first-order valence-corrected chi connectivity index (χ1v) is 8.07. The Hall–Kier alpha value is -3.67. The number of amides is 1. The van der Waals surface area contributed by atoms with Crippen LogP contribution in [-0.2, 0) is 0 Å². The van der Waals surface area contributed by atoms with Gasteiger partial charge in [0.25, 0.3) is 11.5 Å². The van der Waals surface area contributed by atoms with Crippen LogP contribution in [0.3, 0.4) is 0 Å². The van der Waals surface area contributed by atoms with E-state index in [-0.39, 0.29) is 17.2 Å². The SMILES string of the molecule is Cc1nc2ccccc2c(=O)n1-c1ccc(NC(=O)c2ccco2)cc1. The molecule has 6 heteroatoms. The number of furan rings is 1. The number of nitrogens with one attached hydrogen (secondary N) is 1. The summed E-state index contributed by atoms with van der Waals surface area (Å²) in [6, 6.07) is 17.5. The van der Waals surface area contributed by atoms with Crippen molar-refractivity contribution in [2.45, 2.75) is 6.92 Å². The Bertz CT molecular complexity index is 1140. The average molecular weight is 345 g/mol. The van der Waals surface area contributed by atoms with Crippen LogP contribution >= 0.6 is 0 Å². The molecule has 128 valence electrons. The summed E-state index contributed by atoms with van der Waals surface area (Å²) in [5, 5.41) is 3.31. The topological polar surface area (TPSA) is 77.1 Å². The van der Waals surface area contributed by atoms with E-state index in [2.05, 4.69) is 10.3 Å². The highest BCUT2D eigenvalue weighted by atomic mass is 16.3. The van der Waals surface area contributed by atoms with Gasteiger partial charge in [0.05, 0.1) is 22.9 Å². The molecule has 0 aliphatic carbocycles. The summed E-state index contributed by atoms with van der Waals surface area (Å²) in [7, 11) is 0. The van der Waals surface area contributed by atoms with Crippen LogP contribution in [0, 0.1) is 6.92 Å². The molecule has 4 rings (SSSR count). The van der Waals surface area contributed by atoms with Gasteiger partial charge in [-0.2, -0.15) is 0 Å². The zero-order chi connectivity index (χ0) is 18.1. The maximum atomic E-state index is 12.8. The molecule has 1 amide bonds. The molecule has 0 saturated carbocycles. The van der Waals surface area contributed by atoms with Crippen molar-refractivity contribution in [1.29, 1.82) is 0 Å². The van der Waals surface area contributed by atoms with Crippen LogP contribution in [0.2, 0.25) is 0 Å². The molecular weight excluding hydrogens is 330 g/mol. The maximum absolute atomic E-state index is 12.8. The van der Waals surface area contributed by atoms with E-state index in [4.69, 9.17) is 4.42 Å². The van der Waals surface area contributed by atoms with Crippen molar-refractivity contribution in [2.75, 3.05) is 5.32 Å². The predicted molar refractivity (Wildman–Crippen MR) is 98.7 cm³/mol. The second-order valence-corrected chi connectivity index (χ2v) is 5.80. The van der Waals surface area contributed by atoms with Gasteiger partial charge in [-0.3, -0.25) is 14.2 Å². The molecule has 0 radical (unpaired) electrons. The summed E-state index contributed by atoms with van der Waals surface area (Å²) in [5.74, 6) is 0.504. The van der Waals surface area contributed by atoms with Crippen LogP contribution in [0.5, 0.6) is 0 Å². The van der Waals surface area contributed by atoms with Crippen LogP contribution in [0.4, 0.5) is 5.69 Å². The Balaban J connectivity index is 1.68. The Labute approximate surface area is 148 Å². The molecule has 0 saturated heterocycles. The average Bonchev–Trinajstić information content (AvgIpc) is 3.18. The third-order valence-electron chi connectivity index (χ3n) is 4.07. The highest BCUT2D eigenvalue weighted by molar-refractivity contribution is 6.02. The first kappa shape index (κ1) is 15.8. The first-order chi connectivity index (χ1) is 12.6. The molecule has 26 heavy (non-hydrogen) atoms. The van der Waals surface area contributed by atoms with Crippen LogP contribution in [0.1, 0.15) is 16.4 Å². The number of anilines is 1. The molecule has 4 aromatic rings. The van der Waals surface area contributed by atoms with Gasteiger partial charge in [0.1, 0.15) is 5.82 Å². The number of para-hydroxylation sites is 1. The normalized spacial score (nSPS) is 10.8. The Morgan fingerprint density at radius 3 is 2.54 bits per heavy atom. The number of benzene rings is 2. The van der Waals surface area contributed by atoms with E-state index in [1.807, 2.05) is 18.2 Å². The van der Waals surface area contributed by atoms with Crippen molar-refractivity contribution in [3.05, 3.63) is 88.9 Å². The van der Waals surface area contributed by atoms with Crippen LogP contribution < -0.4 is 10.9 Å². The van der Waals surface area contributed by atoms with Crippen LogP contribution in [0.25, 0.3) is 16.6 Å². The third kappa shape index (κ3) is 2.77. The molecule has 0 aliphatic heterocycles. The van der Waals surface area contributed by atoms with E-state index >= 15 is 0 Å². The number of aromatic nitrogens is 2. The molecule has 0 atom stereocenters. The largest absolute Gasteiger partial charge is 0.459 e. The molecule has 2 heterocycles. The zero-order valence-corrected chi connectivity index (χ0v) is 14.0. The fourth-order valence-corrected chi connectivity index (χ4v) is 2.84. The number of carbonyl (C=O) groups is 1. The van der Waals surface area contributed by atoms with Crippen molar-refractivity contribution < 1.29 is 9.21 Å². The fourth-order valence-electron chi connectivity index (χ4n) is 2.84. The van der Waals surface area contributed by atoms with Crippen molar-refractivity contribution in [3.63, 3.8) is 0 Å². The minimum Gasteiger partial charge on any atom is -0.459 e. The number of fused-ring (bicyclic) bond motifs is 1. The molecule has 2 aromatic carbocycles.